The van der Waals surface area contributed by atoms with E-state index in [2.05, 4.69) is 5.10 Å². The standard InChI is InChI=1S/C14H19BN2O4/c1-4-10-7-11(17(2)16-10)9-21-14-6-5-12(20-3)8-13(14)15(18)19/h5-8,18-19H,4,9H2,1-3H3. The van der Waals surface area contributed by atoms with Crippen molar-refractivity contribution in [2.75, 3.05) is 7.11 Å². The molecule has 2 aromatic rings. The van der Waals surface area contributed by atoms with E-state index in [4.69, 9.17) is 9.47 Å². The summed E-state index contributed by atoms with van der Waals surface area (Å²) in [6.45, 7) is 2.34. The molecule has 2 rings (SSSR count). The van der Waals surface area contributed by atoms with Gasteiger partial charge in [0.1, 0.15) is 18.1 Å². The van der Waals surface area contributed by atoms with Crippen LogP contribution in [0.4, 0.5) is 0 Å². The van der Waals surface area contributed by atoms with Gasteiger partial charge < -0.3 is 19.5 Å². The highest BCUT2D eigenvalue weighted by Crippen LogP contribution is 2.17. The SMILES string of the molecule is CCc1cc(COc2ccc(OC)cc2B(O)O)n(C)n1. The lowest BCUT2D eigenvalue weighted by atomic mass is 9.79. The molecule has 0 aliphatic carbocycles. The van der Waals surface area contributed by atoms with E-state index in [0.717, 1.165) is 17.8 Å². The molecule has 0 aliphatic heterocycles. The van der Waals surface area contributed by atoms with Crippen LogP contribution in [0.1, 0.15) is 18.3 Å². The third kappa shape index (κ3) is 3.56. The third-order valence-corrected chi connectivity index (χ3v) is 3.26. The minimum Gasteiger partial charge on any atom is -0.497 e. The van der Waals surface area contributed by atoms with Gasteiger partial charge in [-0.25, -0.2) is 0 Å². The van der Waals surface area contributed by atoms with Gasteiger partial charge in [-0.1, -0.05) is 6.92 Å². The van der Waals surface area contributed by atoms with E-state index in [1.807, 2.05) is 20.0 Å². The quantitative estimate of drug-likeness (QED) is 0.746. The lowest BCUT2D eigenvalue weighted by Gasteiger charge is -2.12. The summed E-state index contributed by atoms with van der Waals surface area (Å²) in [5, 5.41) is 23.2. The van der Waals surface area contributed by atoms with Crippen molar-refractivity contribution >= 4 is 12.6 Å². The van der Waals surface area contributed by atoms with Gasteiger partial charge in [0.15, 0.2) is 0 Å². The molecule has 112 valence electrons. The molecule has 21 heavy (non-hydrogen) atoms. The zero-order valence-electron chi connectivity index (χ0n) is 12.4. The van der Waals surface area contributed by atoms with Gasteiger partial charge in [-0.3, -0.25) is 4.68 Å². The number of ether oxygens (including phenoxy) is 2. The molecule has 0 radical (unpaired) electrons. The molecule has 0 aliphatic rings. The van der Waals surface area contributed by atoms with Crippen LogP contribution in [0.3, 0.4) is 0 Å². The number of methoxy groups -OCH3 is 1. The molecule has 1 aromatic carbocycles. The highest BCUT2D eigenvalue weighted by atomic mass is 16.5. The summed E-state index contributed by atoms with van der Waals surface area (Å²) in [6.07, 6.45) is 0.858. The summed E-state index contributed by atoms with van der Waals surface area (Å²) in [6, 6.07) is 6.88. The summed E-state index contributed by atoms with van der Waals surface area (Å²) in [5.74, 6) is 0.948. The van der Waals surface area contributed by atoms with Gasteiger partial charge >= 0.3 is 7.12 Å². The summed E-state index contributed by atoms with van der Waals surface area (Å²) in [7, 11) is 1.76. The van der Waals surface area contributed by atoms with Crippen LogP contribution in [-0.4, -0.2) is 34.1 Å². The van der Waals surface area contributed by atoms with Crippen molar-refractivity contribution < 1.29 is 19.5 Å². The minimum atomic E-state index is -1.62. The molecule has 0 bridgehead atoms. The maximum atomic E-state index is 9.42. The van der Waals surface area contributed by atoms with Crippen LogP contribution in [0.5, 0.6) is 11.5 Å². The fraction of sp³-hybridized carbons (Fsp3) is 0.357. The largest absolute Gasteiger partial charge is 0.497 e. The second-order valence-electron chi connectivity index (χ2n) is 4.67. The maximum Gasteiger partial charge on any atom is 0.492 e. The molecule has 6 nitrogen and oxygen atoms in total. The molecule has 0 spiro atoms. The van der Waals surface area contributed by atoms with Crippen molar-refractivity contribution in [1.82, 2.24) is 9.78 Å². The van der Waals surface area contributed by atoms with Crippen molar-refractivity contribution in [3.05, 3.63) is 35.7 Å². The fourth-order valence-corrected chi connectivity index (χ4v) is 2.02. The molecular formula is C14H19BN2O4. The van der Waals surface area contributed by atoms with Crippen LogP contribution in [0, 0.1) is 0 Å². The van der Waals surface area contributed by atoms with Gasteiger partial charge in [0.2, 0.25) is 0 Å². The second-order valence-corrected chi connectivity index (χ2v) is 4.67. The lowest BCUT2D eigenvalue weighted by molar-refractivity contribution is 0.295. The van der Waals surface area contributed by atoms with E-state index < -0.39 is 7.12 Å². The van der Waals surface area contributed by atoms with Gasteiger partial charge in [0, 0.05) is 12.5 Å². The van der Waals surface area contributed by atoms with Crippen LogP contribution in [0.15, 0.2) is 24.3 Å². The number of hydrogen-bond acceptors (Lipinski definition) is 5. The Morgan fingerprint density at radius 1 is 1.29 bits per heavy atom. The van der Waals surface area contributed by atoms with E-state index in [1.165, 1.54) is 7.11 Å². The molecule has 2 N–H and O–H groups in total. The Morgan fingerprint density at radius 3 is 2.62 bits per heavy atom. The highest BCUT2D eigenvalue weighted by molar-refractivity contribution is 6.59. The van der Waals surface area contributed by atoms with Gasteiger partial charge in [-0.05, 0) is 30.7 Å². The zero-order chi connectivity index (χ0) is 15.4. The van der Waals surface area contributed by atoms with Crippen LogP contribution in [0.2, 0.25) is 0 Å². The predicted molar refractivity (Wildman–Crippen MR) is 79.7 cm³/mol. The van der Waals surface area contributed by atoms with E-state index in [-0.39, 0.29) is 5.46 Å². The normalized spacial score (nSPS) is 10.5. The molecular weight excluding hydrogens is 271 g/mol. The number of rotatable bonds is 6. The number of nitrogens with zero attached hydrogens (tertiary/aromatic N) is 2. The number of aryl methyl sites for hydroxylation is 2. The first-order valence-corrected chi connectivity index (χ1v) is 6.73. The van der Waals surface area contributed by atoms with Gasteiger partial charge in [-0.15, -0.1) is 0 Å². The lowest BCUT2D eigenvalue weighted by Crippen LogP contribution is -2.31. The predicted octanol–water partition coefficient (Wildman–Crippen LogP) is 0.250. The van der Waals surface area contributed by atoms with E-state index in [9.17, 15) is 10.0 Å². The Bertz CT molecular complexity index is 613. The smallest absolute Gasteiger partial charge is 0.492 e. The van der Waals surface area contributed by atoms with Crippen LogP contribution in [-0.2, 0) is 20.1 Å². The molecule has 0 fully saturated rings. The monoisotopic (exact) mass is 290 g/mol. The van der Waals surface area contributed by atoms with Crippen LogP contribution in [0.25, 0.3) is 0 Å². The van der Waals surface area contributed by atoms with E-state index in [1.54, 1.807) is 22.9 Å². The van der Waals surface area contributed by atoms with Crippen LogP contribution < -0.4 is 14.9 Å². The van der Waals surface area contributed by atoms with Crippen molar-refractivity contribution in [2.45, 2.75) is 20.0 Å². The molecule has 0 unspecified atom stereocenters. The topological polar surface area (TPSA) is 76.7 Å². The summed E-state index contributed by atoms with van der Waals surface area (Å²) in [5.41, 5.74) is 2.18. The zero-order valence-corrected chi connectivity index (χ0v) is 12.4. The summed E-state index contributed by atoms with van der Waals surface area (Å²) >= 11 is 0. The van der Waals surface area contributed by atoms with Crippen molar-refractivity contribution in [3.8, 4) is 11.5 Å². The average molecular weight is 290 g/mol. The maximum absolute atomic E-state index is 9.42. The second kappa shape index (κ2) is 6.65. The van der Waals surface area contributed by atoms with Gasteiger partial charge in [0.25, 0.3) is 0 Å². The highest BCUT2D eigenvalue weighted by Gasteiger charge is 2.18. The van der Waals surface area contributed by atoms with Crippen molar-refractivity contribution in [2.24, 2.45) is 7.05 Å². The molecule has 1 aromatic heterocycles. The first kappa shape index (κ1) is 15.4. The number of aromatic nitrogens is 2. The van der Waals surface area contributed by atoms with E-state index in [0.29, 0.717) is 18.1 Å². The molecule has 7 heteroatoms. The van der Waals surface area contributed by atoms with E-state index >= 15 is 0 Å². The Kier molecular flexibility index (Phi) is 4.87. The summed E-state index contributed by atoms with van der Waals surface area (Å²) < 4.78 is 12.5. The van der Waals surface area contributed by atoms with Crippen molar-refractivity contribution in [3.63, 3.8) is 0 Å². The van der Waals surface area contributed by atoms with Gasteiger partial charge in [-0.2, -0.15) is 5.10 Å². The molecule has 0 atom stereocenters. The number of hydrogen-bond donors (Lipinski definition) is 2. The summed E-state index contributed by atoms with van der Waals surface area (Å²) in [4.78, 5) is 0. The van der Waals surface area contributed by atoms with Gasteiger partial charge in [0.05, 0.1) is 18.5 Å². The first-order chi connectivity index (χ1) is 10.0. The fourth-order valence-electron chi connectivity index (χ4n) is 2.02. The average Bonchev–Trinajstić information content (AvgIpc) is 2.85. The Hall–Kier alpha value is -1.99. The Balaban J connectivity index is 2.17. The molecule has 0 saturated heterocycles. The molecule has 0 saturated carbocycles. The minimum absolute atomic E-state index is 0.271. The van der Waals surface area contributed by atoms with Crippen LogP contribution >= 0.6 is 0 Å². The first-order valence-electron chi connectivity index (χ1n) is 6.73. The number of benzene rings is 1. The van der Waals surface area contributed by atoms with Crippen molar-refractivity contribution in [1.29, 1.82) is 0 Å². The molecule has 0 amide bonds. The Morgan fingerprint density at radius 2 is 2.05 bits per heavy atom. The Labute approximate surface area is 124 Å². The molecule has 1 heterocycles. The third-order valence-electron chi connectivity index (χ3n) is 3.26.